The number of rotatable bonds is 2. The van der Waals surface area contributed by atoms with Crippen LogP contribution in [0.3, 0.4) is 0 Å². The smallest absolute Gasteiger partial charge is 0.242 e. The van der Waals surface area contributed by atoms with Gasteiger partial charge in [-0.05, 0) is 37.5 Å². The third-order valence-electron chi connectivity index (χ3n) is 2.80. The minimum atomic E-state index is -0.351. The van der Waals surface area contributed by atoms with E-state index in [4.69, 9.17) is 0 Å². The lowest BCUT2D eigenvalue weighted by molar-refractivity contribution is -0.121. The average Bonchev–Trinajstić information content (AvgIpc) is 2.48. The second kappa shape index (κ2) is 5.49. The summed E-state index contributed by atoms with van der Waals surface area (Å²) in [5.41, 5.74) is 0.371. The van der Waals surface area contributed by atoms with E-state index in [9.17, 15) is 9.18 Å². The number of anilines is 1. The van der Waals surface area contributed by atoms with Crippen LogP contribution in [0.25, 0.3) is 0 Å². The molecular formula is C12H14BrFN2O. The maximum Gasteiger partial charge on any atom is 0.242 e. The van der Waals surface area contributed by atoms with E-state index < -0.39 is 0 Å². The molecule has 0 saturated carbocycles. The third-order valence-corrected chi connectivity index (χ3v) is 3.29. The number of amides is 1. The molecule has 1 amide bonds. The number of hydrogen-bond donors (Lipinski definition) is 2. The van der Waals surface area contributed by atoms with Crippen molar-refractivity contribution in [3.8, 4) is 0 Å². The molecule has 0 aliphatic carbocycles. The molecule has 3 nitrogen and oxygen atoms in total. The Morgan fingerprint density at radius 1 is 1.41 bits per heavy atom. The fourth-order valence-corrected chi connectivity index (χ4v) is 2.20. The molecular weight excluding hydrogens is 287 g/mol. The minimum absolute atomic E-state index is 0.0511. The van der Waals surface area contributed by atoms with Crippen molar-refractivity contribution in [3.63, 3.8) is 0 Å². The summed E-state index contributed by atoms with van der Waals surface area (Å²) in [5, 5.41) is 5.77. The van der Waals surface area contributed by atoms with Crippen molar-refractivity contribution in [3.05, 3.63) is 28.5 Å². The first-order valence-electron chi connectivity index (χ1n) is 5.66. The molecule has 0 radical (unpaired) electrons. The van der Waals surface area contributed by atoms with Gasteiger partial charge >= 0.3 is 0 Å². The van der Waals surface area contributed by atoms with Gasteiger partial charge in [0.05, 0.1) is 5.69 Å². The lowest BCUT2D eigenvalue weighted by Gasteiger charge is -2.17. The maximum atomic E-state index is 13.6. The van der Waals surface area contributed by atoms with Crippen molar-refractivity contribution in [2.75, 3.05) is 11.9 Å². The molecule has 92 valence electrons. The first-order valence-corrected chi connectivity index (χ1v) is 6.45. The second-order valence-corrected chi connectivity index (χ2v) is 5.02. The molecule has 1 aliphatic rings. The van der Waals surface area contributed by atoms with Crippen LogP contribution < -0.4 is 10.6 Å². The summed E-state index contributed by atoms with van der Waals surface area (Å²) in [4.78, 5) is 11.7. The van der Waals surface area contributed by atoms with E-state index in [-0.39, 0.29) is 17.8 Å². The molecule has 1 aromatic rings. The molecule has 17 heavy (non-hydrogen) atoms. The molecule has 0 bridgehead atoms. The Balaban J connectivity index is 2.10. The topological polar surface area (TPSA) is 41.1 Å². The zero-order valence-electron chi connectivity index (χ0n) is 9.30. The normalized spacial score (nSPS) is 20.6. The Hall–Kier alpha value is -1.10. The van der Waals surface area contributed by atoms with Crippen molar-refractivity contribution in [2.24, 2.45) is 0 Å². The fraction of sp³-hybridized carbons (Fsp3) is 0.417. The highest BCUT2D eigenvalue weighted by molar-refractivity contribution is 9.10. The Morgan fingerprint density at radius 2 is 2.24 bits per heavy atom. The molecule has 5 heteroatoms. The molecule has 1 aromatic carbocycles. The lowest BCUT2D eigenvalue weighted by Crippen LogP contribution is -2.38. The van der Waals surface area contributed by atoms with Gasteiger partial charge in [0, 0.05) is 11.0 Å². The number of nitrogens with one attached hydrogen (secondary N) is 2. The van der Waals surface area contributed by atoms with E-state index in [2.05, 4.69) is 26.6 Å². The summed E-state index contributed by atoms with van der Waals surface area (Å²) in [6.07, 6.45) is 2.68. The lowest BCUT2D eigenvalue weighted by atomic mass is 10.1. The van der Waals surface area contributed by atoms with Crippen molar-refractivity contribution < 1.29 is 9.18 Å². The summed E-state index contributed by atoms with van der Waals surface area (Å²) in [5.74, 6) is -0.402. The van der Waals surface area contributed by atoms with E-state index in [0.717, 1.165) is 19.3 Å². The third kappa shape index (κ3) is 3.19. The molecule has 1 heterocycles. The molecule has 0 aromatic heterocycles. The zero-order chi connectivity index (χ0) is 12.3. The first-order chi connectivity index (χ1) is 8.16. The highest BCUT2D eigenvalue weighted by atomic mass is 79.9. The van der Waals surface area contributed by atoms with Gasteiger partial charge in [0.25, 0.3) is 0 Å². The van der Waals surface area contributed by atoms with Crippen LogP contribution in [0, 0.1) is 5.82 Å². The fourth-order valence-electron chi connectivity index (χ4n) is 1.87. The van der Waals surface area contributed by atoms with Crippen LogP contribution in [0.4, 0.5) is 10.1 Å². The average molecular weight is 301 g/mol. The van der Waals surface area contributed by atoms with E-state index in [1.54, 1.807) is 12.1 Å². The second-order valence-electron chi connectivity index (χ2n) is 4.11. The van der Waals surface area contributed by atoms with Crippen LogP contribution >= 0.6 is 15.9 Å². The Labute approximate surface area is 108 Å². The molecule has 1 atom stereocenters. The van der Waals surface area contributed by atoms with Crippen LogP contribution in [-0.4, -0.2) is 18.5 Å². The van der Waals surface area contributed by atoms with E-state index in [0.29, 0.717) is 16.7 Å². The molecule has 2 rings (SSSR count). The number of halogens is 2. The molecule has 2 N–H and O–H groups in total. The van der Waals surface area contributed by atoms with Gasteiger partial charge in [-0.15, -0.1) is 0 Å². The summed E-state index contributed by atoms with van der Waals surface area (Å²) < 4.78 is 14.3. The van der Waals surface area contributed by atoms with Crippen LogP contribution in [0.2, 0.25) is 0 Å². The van der Waals surface area contributed by atoms with Crippen LogP contribution in [0.1, 0.15) is 19.3 Å². The predicted molar refractivity (Wildman–Crippen MR) is 68.4 cm³/mol. The van der Waals surface area contributed by atoms with Gasteiger partial charge in [-0.25, -0.2) is 4.39 Å². The van der Waals surface area contributed by atoms with Crippen molar-refractivity contribution in [1.29, 1.82) is 0 Å². The van der Waals surface area contributed by atoms with Crippen LogP contribution in [0.5, 0.6) is 0 Å². The van der Waals surface area contributed by atoms with Gasteiger partial charge in [-0.2, -0.15) is 0 Å². The molecule has 1 unspecified atom stereocenters. The molecule has 1 aliphatic heterocycles. The first kappa shape index (κ1) is 12.4. The summed E-state index contributed by atoms with van der Waals surface area (Å²) in [7, 11) is 0. The maximum absolute atomic E-state index is 13.6. The number of hydrogen-bond acceptors (Lipinski definition) is 2. The Morgan fingerprint density at radius 3 is 3.00 bits per heavy atom. The van der Waals surface area contributed by atoms with E-state index in [1.807, 2.05) is 0 Å². The van der Waals surface area contributed by atoms with Crippen molar-refractivity contribution in [1.82, 2.24) is 5.32 Å². The number of carbonyl (C=O) groups excluding carboxylic acids is 1. The SMILES string of the molecule is O=C1NCCCCC1Nc1ccc(Br)cc1F. The molecule has 0 spiro atoms. The van der Waals surface area contributed by atoms with Gasteiger partial charge < -0.3 is 10.6 Å². The van der Waals surface area contributed by atoms with Crippen molar-refractivity contribution >= 4 is 27.5 Å². The van der Waals surface area contributed by atoms with Gasteiger partial charge in [0.1, 0.15) is 11.9 Å². The van der Waals surface area contributed by atoms with Crippen LogP contribution in [-0.2, 0) is 4.79 Å². The summed E-state index contributed by atoms with van der Waals surface area (Å²) >= 11 is 3.20. The standard InChI is InChI=1S/C12H14BrFN2O/c13-8-4-5-10(9(14)7-8)16-11-3-1-2-6-15-12(11)17/h4-5,7,11,16H,1-3,6H2,(H,15,17). The van der Waals surface area contributed by atoms with E-state index >= 15 is 0 Å². The van der Waals surface area contributed by atoms with Gasteiger partial charge in [0.2, 0.25) is 5.91 Å². The minimum Gasteiger partial charge on any atom is -0.371 e. The van der Waals surface area contributed by atoms with Crippen LogP contribution in [0.15, 0.2) is 22.7 Å². The number of carbonyl (C=O) groups is 1. The largest absolute Gasteiger partial charge is 0.371 e. The summed E-state index contributed by atoms with van der Waals surface area (Å²) in [6, 6.07) is 4.43. The Kier molecular flexibility index (Phi) is 3.99. The highest BCUT2D eigenvalue weighted by Crippen LogP contribution is 2.21. The van der Waals surface area contributed by atoms with Gasteiger partial charge in [0.15, 0.2) is 0 Å². The predicted octanol–water partition coefficient (Wildman–Crippen LogP) is 2.67. The van der Waals surface area contributed by atoms with Gasteiger partial charge in [-0.3, -0.25) is 4.79 Å². The Bertz CT molecular complexity index is 425. The van der Waals surface area contributed by atoms with Crippen molar-refractivity contribution in [2.45, 2.75) is 25.3 Å². The molecule has 1 fully saturated rings. The number of benzene rings is 1. The quantitative estimate of drug-likeness (QED) is 0.882. The summed E-state index contributed by atoms with van der Waals surface area (Å²) in [6.45, 7) is 0.708. The van der Waals surface area contributed by atoms with E-state index in [1.165, 1.54) is 6.07 Å². The molecule has 1 saturated heterocycles. The highest BCUT2D eigenvalue weighted by Gasteiger charge is 2.21. The zero-order valence-corrected chi connectivity index (χ0v) is 10.9. The monoisotopic (exact) mass is 300 g/mol. The van der Waals surface area contributed by atoms with Gasteiger partial charge in [-0.1, -0.05) is 15.9 Å².